The minimum atomic E-state index is -0.108. The fourth-order valence-electron chi connectivity index (χ4n) is 6.95. The summed E-state index contributed by atoms with van der Waals surface area (Å²) < 4.78 is 0. The molecule has 0 amide bonds. The number of hydrogen-bond donors (Lipinski definition) is 0. The summed E-state index contributed by atoms with van der Waals surface area (Å²) in [6.45, 7) is 17.4. The van der Waals surface area contributed by atoms with Crippen LogP contribution in [0.2, 0.25) is 0 Å². The van der Waals surface area contributed by atoms with Crippen LogP contribution in [0.1, 0.15) is 124 Å². The Kier molecular flexibility index (Phi) is 12.8. The van der Waals surface area contributed by atoms with Gasteiger partial charge in [-0.15, -0.1) is 21.1 Å². The molecule has 0 saturated heterocycles. The molecule has 2 aromatic carbocycles. The summed E-state index contributed by atoms with van der Waals surface area (Å²) in [5, 5.41) is 2.56. The minimum Gasteiger partial charge on any atom is -0.214 e. The van der Waals surface area contributed by atoms with Gasteiger partial charge in [-0.1, -0.05) is 92.7 Å². The van der Waals surface area contributed by atoms with Crippen molar-refractivity contribution in [3.63, 3.8) is 0 Å². The molecule has 0 bridgehead atoms. The second-order valence-electron chi connectivity index (χ2n) is 12.7. The van der Waals surface area contributed by atoms with Gasteiger partial charge in [-0.2, -0.15) is 35.9 Å². The summed E-state index contributed by atoms with van der Waals surface area (Å²) in [6, 6.07) is 17.8. The SMILES string of the molecule is C[C@H](c1cc[c-](P(C2CCCCC2)C2CCCCC2)c1)P(C(C)(C)C)C(C)(C)C.[Fe+2].c1cc[cH-]c1. The van der Waals surface area contributed by atoms with E-state index in [1.54, 1.807) is 10.9 Å². The molecule has 2 saturated carbocycles. The third-order valence-corrected chi connectivity index (χ3v) is 15.3. The summed E-state index contributed by atoms with van der Waals surface area (Å²) in [5.74, 6) is 0. The zero-order chi connectivity index (χ0) is 24.8. The van der Waals surface area contributed by atoms with Gasteiger partial charge in [0, 0.05) is 0 Å². The summed E-state index contributed by atoms with van der Waals surface area (Å²) in [7, 11) is -0.0723. The van der Waals surface area contributed by atoms with Gasteiger partial charge in [-0.05, 0) is 47.3 Å². The first-order valence-corrected chi connectivity index (χ1v) is 17.0. The summed E-state index contributed by atoms with van der Waals surface area (Å²) in [6.07, 6.45) is 14.9. The summed E-state index contributed by atoms with van der Waals surface area (Å²) >= 11 is 0. The number of rotatable bonds is 5. The summed E-state index contributed by atoms with van der Waals surface area (Å²) in [4.78, 5) is 0. The van der Waals surface area contributed by atoms with Gasteiger partial charge in [0.15, 0.2) is 0 Å². The molecule has 0 radical (unpaired) electrons. The Morgan fingerprint density at radius 2 is 1.26 bits per heavy atom. The van der Waals surface area contributed by atoms with Crippen LogP contribution in [0.25, 0.3) is 0 Å². The van der Waals surface area contributed by atoms with E-state index in [0.717, 1.165) is 11.3 Å². The van der Waals surface area contributed by atoms with Gasteiger partial charge >= 0.3 is 17.1 Å². The van der Waals surface area contributed by atoms with Crippen molar-refractivity contribution < 1.29 is 17.1 Å². The van der Waals surface area contributed by atoms with Gasteiger partial charge in [0.1, 0.15) is 0 Å². The molecule has 2 aliphatic rings. The van der Waals surface area contributed by atoms with Crippen molar-refractivity contribution in [1.82, 2.24) is 0 Å². The van der Waals surface area contributed by atoms with E-state index in [0.29, 0.717) is 16.0 Å². The first-order valence-electron chi connectivity index (χ1n) is 14.1. The quantitative estimate of drug-likeness (QED) is 0.196. The molecule has 0 aliphatic heterocycles. The van der Waals surface area contributed by atoms with Crippen LogP contribution in [0.3, 0.4) is 0 Å². The van der Waals surface area contributed by atoms with E-state index < -0.39 is 0 Å². The third kappa shape index (κ3) is 9.10. The largest absolute Gasteiger partial charge is 2.00 e. The van der Waals surface area contributed by atoms with Crippen LogP contribution in [0, 0.1) is 0 Å². The fourth-order valence-corrected chi connectivity index (χ4v) is 15.6. The van der Waals surface area contributed by atoms with Crippen molar-refractivity contribution >= 4 is 21.1 Å². The molecule has 0 spiro atoms. The van der Waals surface area contributed by atoms with Gasteiger partial charge in [-0.25, -0.2) is 18.2 Å². The Balaban J connectivity index is 0.000000640. The van der Waals surface area contributed by atoms with Gasteiger partial charge in [0.2, 0.25) is 0 Å². The Morgan fingerprint density at radius 3 is 1.63 bits per heavy atom. The van der Waals surface area contributed by atoms with Crippen LogP contribution in [0.5, 0.6) is 0 Å². The Hall–Kier alpha value is 0.0795. The molecule has 0 aromatic heterocycles. The van der Waals surface area contributed by atoms with E-state index >= 15 is 0 Å². The predicted molar refractivity (Wildman–Crippen MR) is 159 cm³/mol. The standard InChI is InChI=1S/C27H47P2.C5H5.Fe/c1-21(29(26(2,3)4)27(5,6)7)22-18-19-25(20-22)28(23-14-10-8-11-15-23)24-16-12-9-13-17-24;1-2-4-5-3-1;/h18-21,23-24H,8-17H2,1-7H3;1-5H;/q2*-1;+2/t21-;;/m1../s1. The zero-order valence-corrected chi connectivity index (χ0v) is 26.6. The van der Waals surface area contributed by atoms with Crippen LogP contribution in [-0.2, 0) is 17.1 Å². The minimum absolute atomic E-state index is 0. The average molecular weight is 555 g/mol. The van der Waals surface area contributed by atoms with Crippen molar-refractivity contribution in [2.45, 2.75) is 140 Å². The Labute approximate surface area is 231 Å². The van der Waals surface area contributed by atoms with Crippen molar-refractivity contribution in [3.8, 4) is 0 Å². The molecule has 35 heavy (non-hydrogen) atoms. The normalized spacial score (nSPS) is 19.2. The maximum absolute atomic E-state index is 2.70. The molecule has 2 aromatic rings. The second kappa shape index (κ2) is 14.3. The average Bonchev–Trinajstić information content (AvgIpc) is 3.49. The van der Waals surface area contributed by atoms with Gasteiger partial charge in [-0.3, -0.25) is 0 Å². The van der Waals surface area contributed by atoms with E-state index in [9.17, 15) is 0 Å². The van der Waals surface area contributed by atoms with Crippen LogP contribution in [0.4, 0.5) is 0 Å². The summed E-state index contributed by atoms with van der Waals surface area (Å²) in [5.41, 5.74) is 4.36. The van der Waals surface area contributed by atoms with Crippen LogP contribution in [0.15, 0.2) is 48.5 Å². The van der Waals surface area contributed by atoms with Crippen LogP contribution >= 0.6 is 15.8 Å². The molecule has 2 aliphatic carbocycles. The van der Waals surface area contributed by atoms with Crippen molar-refractivity contribution in [1.29, 1.82) is 0 Å². The third-order valence-electron chi connectivity index (χ3n) is 7.87. The molecule has 0 nitrogen and oxygen atoms in total. The first kappa shape index (κ1) is 31.3. The predicted octanol–water partition coefficient (Wildman–Crippen LogP) is 10.7. The van der Waals surface area contributed by atoms with Gasteiger partial charge in [0.05, 0.1) is 0 Å². The van der Waals surface area contributed by atoms with Crippen LogP contribution < -0.4 is 5.30 Å². The maximum Gasteiger partial charge on any atom is 2.00 e. The first-order chi connectivity index (χ1) is 16.1. The van der Waals surface area contributed by atoms with Gasteiger partial charge in [0.25, 0.3) is 0 Å². The van der Waals surface area contributed by atoms with E-state index in [1.807, 2.05) is 30.3 Å². The van der Waals surface area contributed by atoms with Crippen molar-refractivity contribution in [3.05, 3.63) is 54.1 Å². The molecular weight excluding hydrogens is 502 g/mol. The molecule has 0 N–H and O–H groups in total. The Bertz CT molecular complexity index is 746. The molecule has 3 heteroatoms. The van der Waals surface area contributed by atoms with Crippen molar-refractivity contribution in [2.75, 3.05) is 0 Å². The monoisotopic (exact) mass is 554 g/mol. The zero-order valence-electron chi connectivity index (χ0n) is 23.7. The molecule has 2 fully saturated rings. The van der Waals surface area contributed by atoms with Crippen LogP contribution in [-0.4, -0.2) is 21.6 Å². The van der Waals surface area contributed by atoms with E-state index in [1.165, 1.54) is 64.2 Å². The van der Waals surface area contributed by atoms with E-state index in [4.69, 9.17) is 0 Å². The van der Waals surface area contributed by atoms with Crippen molar-refractivity contribution in [2.24, 2.45) is 0 Å². The smallest absolute Gasteiger partial charge is 0.214 e. The van der Waals surface area contributed by atoms with Gasteiger partial charge < -0.3 is 0 Å². The fraction of sp³-hybridized carbons (Fsp3) is 0.688. The molecule has 1 atom stereocenters. The second-order valence-corrected chi connectivity index (χ2v) is 19.7. The van der Waals surface area contributed by atoms with E-state index in [2.05, 4.69) is 66.7 Å². The Morgan fingerprint density at radius 1 is 0.800 bits per heavy atom. The molecule has 198 valence electrons. The molecule has 0 unspecified atom stereocenters. The molecule has 0 heterocycles. The topological polar surface area (TPSA) is 0 Å². The maximum atomic E-state index is 2.70. The molecular formula is C32H52FeP2. The van der Waals surface area contributed by atoms with E-state index in [-0.39, 0.29) is 32.9 Å². The molecule has 4 rings (SSSR count). The number of hydrogen-bond acceptors (Lipinski definition) is 0.